The maximum atomic E-state index is 14.2. The Hall–Kier alpha value is -1.39. The average molecular weight is 335 g/mol. The van der Waals surface area contributed by atoms with E-state index in [0.29, 0.717) is 5.69 Å². The van der Waals surface area contributed by atoms with Gasteiger partial charge in [0.25, 0.3) is 0 Å². The SMILES string of the molecule is Fc1ccc(Br)cc1N1CCNCC1c1ccccc1. The number of benzene rings is 2. The zero-order chi connectivity index (χ0) is 13.9. The minimum atomic E-state index is -0.170. The third kappa shape index (κ3) is 2.72. The van der Waals surface area contributed by atoms with Crippen LogP contribution in [-0.2, 0) is 0 Å². The summed E-state index contributed by atoms with van der Waals surface area (Å²) in [4.78, 5) is 2.14. The summed E-state index contributed by atoms with van der Waals surface area (Å²) in [6, 6.07) is 15.5. The van der Waals surface area contributed by atoms with E-state index >= 15 is 0 Å². The van der Waals surface area contributed by atoms with Gasteiger partial charge in [-0.1, -0.05) is 46.3 Å². The molecular formula is C16H16BrFN2. The lowest BCUT2D eigenvalue weighted by Crippen LogP contribution is -2.46. The first kappa shape index (κ1) is 13.6. The Morgan fingerprint density at radius 3 is 2.75 bits per heavy atom. The smallest absolute Gasteiger partial charge is 0.146 e. The first-order valence-corrected chi connectivity index (χ1v) is 7.52. The Bertz CT molecular complexity index is 588. The molecule has 0 aliphatic carbocycles. The number of rotatable bonds is 2. The summed E-state index contributed by atoms with van der Waals surface area (Å²) >= 11 is 3.43. The highest BCUT2D eigenvalue weighted by Crippen LogP contribution is 2.32. The number of halogens is 2. The summed E-state index contributed by atoms with van der Waals surface area (Å²) in [6.07, 6.45) is 0. The molecule has 1 N–H and O–H groups in total. The van der Waals surface area contributed by atoms with Gasteiger partial charge in [0.15, 0.2) is 0 Å². The number of anilines is 1. The van der Waals surface area contributed by atoms with E-state index in [1.165, 1.54) is 11.6 Å². The third-order valence-electron chi connectivity index (χ3n) is 3.65. The van der Waals surface area contributed by atoms with Crippen LogP contribution in [0.15, 0.2) is 53.0 Å². The highest BCUT2D eigenvalue weighted by Gasteiger charge is 2.25. The predicted molar refractivity (Wildman–Crippen MR) is 83.5 cm³/mol. The summed E-state index contributed by atoms with van der Waals surface area (Å²) in [5.74, 6) is -0.170. The van der Waals surface area contributed by atoms with Crippen molar-refractivity contribution in [1.82, 2.24) is 5.32 Å². The zero-order valence-electron chi connectivity index (χ0n) is 11.0. The molecule has 0 aromatic heterocycles. The van der Waals surface area contributed by atoms with Crippen LogP contribution < -0.4 is 10.2 Å². The maximum absolute atomic E-state index is 14.2. The van der Waals surface area contributed by atoms with Gasteiger partial charge in [0.1, 0.15) is 5.82 Å². The Kier molecular flexibility index (Phi) is 4.03. The zero-order valence-corrected chi connectivity index (χ0v) is 12.6. The lowest BCUT2D eigenvalue weighted by Gasteiger charge is -2.38. The molecule has 0 radical (unpaired) electrons. The van der Waals surface area contributed by atoms with Crippen LogP contribution in [0.3, 0.4) is 0 Å². The molecule has 1 aliphatic heterocycles. The molecule has 1 aliphatic rings. The van der Waals surface area contributed by atoms with E-state index < -0.39 is 0 Å². The average Bonchev–Trinajstić information content (AvgIpc) is 2.51. The van der Waals surface area contributed by atoms with Gasteiger partial charge in [0, 0.05) is 24.1 Å². The molecule has 2 nitrogen and oxygen atoms in total. The van der Waals surface area contributed by atoms with E-state index in [1.807, 2.05) is 24.3 Å². The maximum Gasteiger partial charge on any atom is 0.146 e. The van der Waals surface area contributed by atoms with Crippen molar-refractivity contribution in [3.63, 3.8) is 0 Å². The summed E-state index contributed by atoms with van der Waals surface area (Å²) in [6.45, 7) is 2.50. The fourth-order valence-electron chi connectivity index (χ4n) is 2.67. The molecule has 0 bridgehead atoms. The van der Waals surface area contributed by atoms with Crippen LogP contribution in [0.1, 0.15) is 11.6 Å². The van der Waals surface area contributed by atoms with Gasteiger partial charge in [-0.3, -0.25) is 0 Å². The first-order valence-electron chi connectivity index (χ1n) is 6.73. The van der Waals surface area contributed by atoms with E-state index in [2.05, 4.69) is 38.3 Å². The van der Waals surface area contributed by atoms with Gasteiger partial charge in [-0.2, -0.15) is 0 Å². The van der Waals surface area contributed by atoms with Gasteiger partial charge in [-0.25, -0.2) is 4.39 Å². The molecule has 1 fully saturated rings. The Morgan fingerprint density at radius 1 is 1.15 bits per heavy atom. The third-order valence-corrected chi connectivity index (χ3v) is 4.14. The van der Waals surface area contributed by atoms with Gasteiger partial charge >= 0.3 is 0 Å². The van der Waals surface area contributed by atoms with Gasteiger partial charge in [-0.15, -0.1) is 0 Å². The fraction of sp³-hybridized carbons (Fsp3) is 0.250. The normalized spacial score (nSPS) is 19.1. The second kappa shape index (κ2) is 5.94. The molecule has 2 aromatic carbocycles. The molecule has 3 rings (SSSR count). The summed E-state index contributed by atoms with van der Waals surface area (Å²) in [5, 5.41) is 3.39. The van der Waals surface area contributed by atoms with Crippen molar-refractivity contribution in [2.24, 2.45) is 0 Å². The van der Waals surface area contributed by atoms with Gasteiger partial charge in [-0.05, 0) is 23.8 Å². The molecule has 0 spiro atoms. The Morgan fingerprint density at radius 2 is 1.95 bits per heavy atom. The second-order valence-corrected chi connectivity index (χ2v) is 5.84. The molecule has 1 unspecified atom stereocenters. The molecular weight excluding hydrogens is 319 g/mol. The standard InChI is InChI=1S/C16H16BrFN2/c17-13-6-7-14(18)15(10-13)20-9-8-19-11-16(20)12-4-2-1-3-5-12/h1-7,10,16,19H,8-9,11H2. The van der Waals surface area contributed by atoms with Gasteiger partial charge in [0.2, 0.25) is 0 Å². The van der Waals surface area contributed by atoms with Crippen LogP contribution in [0.25, 0.3) is 0 Å². The van der Waals surface area contributed by atoms with Crippen molar-refractivity contribution in [2.75, 3.05) is 24.5 Å². The largest absolute Gasteiger partial charge is 0.360 e. The second-order valence-electron chi connectivity index (χ2n) is 4.92. The van der Waals surface area contributed by atoms with Crippen molar-refractivity contribution in [1.29, 1.82) is 0 Å². The summed E-state index contributed by atoms with van der Waals surface area (Å²) < 4.78 is 15.1. The van der Waals surface area contributed by atoms with Crippen LogP contribution >= 0.6 is 15.9 Å². The number of nitrogens with one attached hydrogen (secondary N) is 1. The molecule has 1 heterocycles. The van der Waals surface area contributed by atoms with E-state index in [-0.39, 0.29) is 11.9 Å². The molecule has 4 heteroatoms. The van der Waals surface area contributed by atoms with Crippen molar-refractivity contribution >= 4 is 21.6 Å². The van der Waals surface area contributed by atoms with Crippen LogP contribution in [-0.4, -0.2) is 19.6 Å². The summed E-state index contributed by atoms with van der Waals surface area (Å²) in [7, 11) is 0. The van der Waals surface area contributed by atoms with E-state index in [9.17, 15) is 4.39 Å². The molecule has 20 heavy (non-hydrogen) atoms. The molecule has 104 valence electrons. The first-order chi connectivity index (χ1) is 9.75. The lowest BCUT2D eigenvalue weighted by atomic mass is 10.0. The van der Waals surface area contributed by atoms with Crippen LogP contribution in [0, 0.1) is 5.82 Å². The minimum Gasteiger partial charge on any atom is -0.360 e. The minimum absolute atomic E-state index is 0.161. The molecule has 0 saturated carbocycles. The van der Waals surface area contributed by atoms with E-state index in [1.54, 1.807) is 6.07 Å². The van der Waals surface area contributed by atoms with Crippen molar-refractivity contribution < 1.29 is 4.39 Å². The fourth-order valence-corrected chi connectivity index (χ4v) is 3.02. The van der Waals surface area contributed by atoms with Crippen LogP contribution in [0.4, 0.5) is 10.1 Å². The number of piperazine rings is 1. The monoisotopic (exact) mass is 334 g/mol. The van der Waals surface area contributed by atoms with E-state index in [4.69, 9.17) is 0 Å². The molecule has 0 amide bonds. The molecule has 1 saturated heterocycles. The van der Waals surface area contributed by atoms with Crippen molar-refractivity contribution in [3.8, 4) is 0 Å². The van der Waals surface area contributed by atoms with Crippen LogP contribution in [0.5, 0.6) is 0 Å². The number of hydrogen-bond acceptors (Lipinski definition) is 2. The van der Waals surface area contributed by atoms with Gasteiger partial charge < -0.3 is 10.2 Å². The van der Waals surface area contributed by atoms with Gasteiger partial charge in [0.05, 0.1) is 11.7 Å². The quantitative estimate of drug-likeness (QED) is 0.899. The molecule has 1 atom stereocenters. The van der Waals surface area contributed by atoms with Crippen molar-refractivity contribution in [3.05, 3.63) is 64.4 Å². The van der Waals surface area contributed by atoms with Crippen molar-refractivity contribution in [2.45, 2.75) is 6.04 Å². The summed E-state index contributed by atoms with van der Waals surface area (Å²) in [5.41, 5.74) is 1.87. The highest BCUT2D eigenvalue weighted by molar-refractivity contribution is 9.10. The Balaban J connectivity index is 1.99. The van der Waals surface area contributed by atoms with E-state index in [0.717, 1.165) is 24.1 Å². The highest BCUT2D eigenvalue weighted by atomic mass is 79.9. The lowest BCUT2D eigenvalue weighted by molar-refractivity contribution is 0.480. The predicted octanol–water partition coefficient (Wildman–Crippen LogP) is 3.74. The Labute approximate surface area is 126 Å². The number of hydrogen-bond donors (Lipinski definition) is 1. The number of nitrogens with zero attached hydrogens (tertiary/aromatic N) is 1. The molecule has 2 aromatic rings. The van der Waals surface area contributed by atoms with Crippen LogP contribution in [0.2, 0.25) is 0 Å². The topological polar surface area (TPSA) is 15.3 Å².